The van der Waals surface area contributed by atoms with Gasteiger partial charge in [0.25, 0.3) is 0 Å². The van der Waals surface area contributed by atoms with Crippen LogP contribution in [0.15, 0.2) is 0 Å². The maximum Gasteiger partial charge on any atom is 0.240 e. The second-order valence-corrected chi connectivity index (χ2v) is 11.7. The molecule has 0 spiro atoms. The summed E-state index contributed by atoms with van der Waals surface area (Å²) in [5.41, 5.74) is 0. The number of carbonyl (C=O) groups excluding carboxylic acids is 2. The first kappa shape index (κ1) is 25.7. The van der Waals surface area contributed by atoms with Crippen LogP contribution in [0.4, 0.5) is 0 Å². The van der Waals surface area contributed by atoms with Gasteiger partial charge in [0, 0.05) is 38.8 Å². The van der Waals surface area contributed by atoms with Crippen molar-refractivity contribution in [2.24, 2.45) is 0 Å². The molecule has 0 radical (unpaired) electrons. The molecule has 0 unspecified atom stereocenters. The largest absolute Gasteiger partial charge is 0.388 e. The molecule has 7 atom stereocenters. The van der Waals surface area contributed by atoms with Crippen molar-refractivity contribution in [3.05, 3.63) is 0 Å². The number of fused-ring (bicyclic) bond motifs is 6. The number of likely N-dealkylation sites (tertiary alicyclic amines) is 1. The molecule has 13 heteroatoms. The summed E-state index contributed by atoms with van der Waals surface area (Å²) in [6.45, 7) is 4.05. The minimum absolute atomic E-state index is 0.0115. The molecule has 0 aliphatic carbocycles. The van der Waals surface area contributed by atoms with E-state index in [1.54, 1.807) is 4.90 Å². The Hall–Kier alpha value is -1.35. The van der Waals surface area contributed by atoms with Crippen molar-refractivity contribution in [1.29, 1.82) is 0 Å². The molecule has 6 bridgehead atoms. The number of nitrogens with one attached hydrogen (secondary N) is 1. The molecule has 4 aliphatic rings. The lowest BCUT2D eigenvalue weighted by atomic mass is 10.0. The lowest BCUT2D eigenvalue weighted by molar-refractivity contribution is -0.144. The van der Waals surface area contributed by atoms with Crippen LogP contribution in [0.3, 0.4) is 0 Å². The summed E-state index contributed by atoms with van der Waals surface area (Å²) in [7, 11) is -3.71. The molecule has 4 heterocycles. The number of aliphatic hydroxyl groups is 2. The van der Waals surface area contributed by atoms with Crippen molar-refractivity contribution in [3.63, 3.8) is 0 Å². The summed E-state index contributed by atoms with van der Waals surface area (Å²) in [5, 5.41) is 23.9. The van der Waals surface area contributed by atoms with Crippen molar-refractivity contribution in [2.45, 2.75) is 68.8 Å². The maximum absolute atomic E-state index is 13.4. The number of hydrogen-bond acceptors (Lipinski definition) is 9. The first-order valence-corrected chi connectivity index (χ1v) is 13.8. The third-order valence-corrected chi connectivity index (χ3v) is 8.36. The van der Waals surface area contributed by atoms with Gasteiger partial charge in [-0.3, -0.25) is 14.5 Å². The predicted molar refractivity (Wildman–Crippen MR) is 120 cm³/mol. The monoisotopic (exact) mass is 504 g/mol. The van der Waals surface area contributed by atoms with Gasteiger partial charge in [0.2, 0.25) is 21.8 Å². The average molecular weight is 505 g/mol. The van der Waals surface area contributed by atoms with E-state index in [0.717, 1.165) is 23.5 Å². The Morgan fingerprint density at radius 1 is 1.09 bits per heavy atom. The predicted octanol–water partition coefficient (Wildman–Crippen LogP) is -2.66. The zero-order valence-corrected chi connectivity index (χ0v) is 20.5. The Morgan fingerprint density at radius 3 is 2.53 bits per heavy atom. The molecule has 0 aromatic carbocycles. The van der Waals surface area contributed by atoms with E-state index in [0.29, 0.717) is 19.5 Å². The summed E-state index contributed by atoms with van der Waals surface area (Å²) in [5.74, 6) is -0.379. The summed E-state index contributed by atoms with van der Waals surface area (Å²) in [6, 6.07) is -0.583. The third kappa shape index (κ3) is 5.55. The smallest absolute Gasteiger partial charge is 0.240 e. The number of hydrogen-bond donors (Lipinski definition) is 3. The molecule has 12 nitrogen and oxygen atoms in total. The second kappa shape index (κ2) is 10.3. The number of ether oxygens (including phenoxy) is 2. The number of morpholine rings is 1. The second-order valence-electron chi connectivity index (χ2n) is 9.77. The van der Waals surface area contributed by atoms with E-state index in [9.17, 15) is 28.2 Å². The standard InChI is InChI=1S/C21H36N4O8S/c1-3-4-23-9-13-7-15(23)21(29)24-5-6-32-14(10-24)11-25(34(2,30)31)12-17-20(28)19(27)16(33-17)8-18(26)22-13/h13-17,19-20,27-28H,3-12H2,1-2H3,(H,22,26)/t13-,14-,15-,16-,17+,19-,20+/m0/s1. The maximum atomic E-state index is 13.4. The topological polar surface area (TPSA) is 149 Å². The highest BCUT2D eigenvalue weighted by Crippen LogP contribution is 2.27. The Labute approximate surface area is 200 Å². The van der Waals surface area contributed by atoms with E-state index >= 15 is 0 Å². The highest BCUT2D eigenvalue weighted by Gasteiger charge is 2.46. The van der Waals surface area contributed by atoms with Crippen LogP contribution < -0.4 is 5.32 Å². The normalized spacial score (nSPS) is 38.8. The van der Waals surface area contributed by atoms with Crippen LogP contribution in [-0.2, 0) is 29.1 Å². The molecule has 2 amide bonds. The van der Waals surface area contributed by atoms with Gasteiger partial charge in [0.05, 0.1) is 37.5 Å². The number of rotatable bonds is 3. The van der Waals surface area contributed by atoms with E-state index in [1.165, 1.54) is 0 Å². The number of nitrogens with zero attached hydrogens (tertiary/aromatic N) is 3. The first-order chi connectivity index (χ1) is 16.1. The van der Waals surface area contributed by atoms with E-state index in [2.05, 4.69) is 10.2 Å². The van der Waals surface area contributed by atoms with Crippen molar-refractivity contribution in [3.8, 4) is 0 Å². The van der Waals surface area contributed by atoms with Gasteiger partial charge in [-0.25, -0.2) is 8.42 Å². The number of sulfonamides is 1. The summed E-state index contributed by atoms with van der Waals surface area (Å²) >= 11 is 0. The Kier molecular flexibility index (Phi) is 7.82. The van der Waals surface area contributed by atoms with Gasteiger partial charge in [-0.2, -0.15) is 4.31 Å². The van der Waals surface area contributed by atoms with Crippen molar-refractivity contribution in [1.82, 2.24) is 19.4 Å². The molecule has 4 aliphatic heterocycles. The van der Waals surface area contributed by atoms with Crippen molar-refractivity contribution in [2.75, 3.05) is 52.1 Å². The minimum Gasteiger partial charge on any atom is -0.388 e. The SMILES string of the molecule is CCCN1C[C@@H]2C[C@H]1C(=O)N1CCO[C@@H](C1)CN(S(C)(=O)=O)C[C@H]1O[C@@H](CC(=O)N2)[C@H](O)[C@@H]1O. The van der Waals surface area contributed by atoms with Crippen molar-refractivity contribution >= 4 is 21.8 Å². The van der Waals surface area contributed by atoms with Crippen LogP contribution in [0.1, 0.15) is 26.2 Å². The van der Waals surface area contributed by atoms with Gasteiger partial charge in [0.15, 0.2) is 0 Å². The van der Waals surface area contributed by atoms with Gasteiger partial charge >= 0.3 is 0 Å². The summed E-state index contributed by atoms with van der Waals surface area (Å²) < 4.78 is 37.7. The summed E-state index contributed by atoms with van der Waals surface area (Å²) in [4.78, 5) is 30.0. The third-order valence-electron chi connectivity index (χ3n) is 7.12. The van der Waals surface area contributed by atoms with Crippen LogP contribution in [0.2, 0.25) is 0 Å². The molecule has 0 aromatic rings. The zero-order chi connectivity index (χ0) is 24.6. The number of carbonyl (C=O) groups is 2. The van der Waals surface area contributed by atoms with E-state index < -0.39 is 40.5 Å². The highest BCUT2D eigenvalue weighted by molar-refractivity contribution is 7.88. The van der Waals surface area contributed by atoms with Crippen LogP contribution in [0, 0.1) is 0 Å². The van der Waals surface area contributed by atoms with Gasteiger partial charge in [-0.1, -0.05) is 6.92 Å². The Morgan fingerprint density at radius 2 is 1.82 bits per heavy atom. The van der Waals surface area contributed by atoms with E-state index in [1.807, 2.05) is 6.92 Å². The molecule has 3 N–H and O–H groups in total. The van der Waals surface area contributed by atoms with Crippen LogP contribution >= 0.6 is 0 Å². The lowest BCUT2D eigenvalue weighted by Gasteiger charge is -2.38. The first-order valence-electron chi connectivity index (χ1n) is 12.0. The van der Waals surface area contributed by atoms with Gasteiger partial charge < -0.3 is 29.9 Å². The lowest BCUT2D eigenvalue weighted by Crippen LogP contribution is -2.55. The van der Waals surface area contributed by atoms with E-state index in [4.69, 9.17) is 9.47 Å². The molecular weight excluding hydrogens is 468 g/mol. The number of aliphatic hydroxyl groups excluding tert-OH is 2. The fraction of sp³-hybridized carbons (Fsp3) is 0.905. The molecule has 0 saturated carbocycles. The molecular formula is C21H36N4O8S. The quantitative estimate of drug-likeness (QED) is 0.374. The van der Waals surface area contributed by atoms with Crippen molar-refractivity contribution < 1.29 is 37.7 Å². The fourth-order valence-electron chi connectivity index (χ4n) is 5.43. The van der Waals surface area contributed by atoms with Gasteiger partial charge in [0.1, 0.15) is 18.3 Å². The molecule has 4 saturated heterocycles. The molecule has 4 fully saturated rings. The van der Waals surface area contributed by atoms with E-state index in [-0.39, 0.29) is 56.6 Å². The minimum atomic E-state index is -3.71. The van der Waals surface area contributed by atoms with Crippen LogP contribution in [-0.4, -0.2) is 139 Å². The van der Waals surface area contributed by atoms with Gasteiger partial charge in [-0.05, 0) is 19.4 Å². The average Bonchev–Trinajstić information content (AvgIpc) is 3.27. The molecule has 34 heavy (non-hydrogen) atoms. The summed E-state index contributed by atoms with van der Waals surface area (Å²) in [6.07, 6.45) is -2.91. The molecule has 194 valence electrons. The van der Waals surface area contributed by atoms with Gasteiger partial charge in [-0.15, -0.1) is 0 Å². The Bertz CT molecular complexity index is 873. The molecule has 0 aromatic heterocycles. The number of amides is 2. The molecule has 4 rings (SSSR count). The Balaban J connectivity index is 1.61. The zero-order valence-electron chi connectivity index (χ0n) is 19.7. The highest BCUT2D eigenvalue weighted by atomic mass is 32.2. The van der Waals surface area contributed by atoms with Crippen LogP contribution in [0.25, 0.3) is 0 Å². The van der Waals surface area contributed by atoms with Crippen LogP contribution in [0.5, 0.6) is 0 Å². The fourth-order valence-corrected chi connectivity index (χ4v) is 6.28.